The van der Waals surface area contributed by atoms with Crippen molar-refractivity contribution in [1.82, 2.24) is 9.97 Å². The second-order valence-corrected chi connectivity index (χ2v) is 5.33. The Morgan fingerprint density at radius 2 is 1.86 bits per heavy atom. The number of rotatable bonds is 2. The van der Waals surface area contributed by atoms with Gasteiger partial charge in [-0.3, -0.25) is 0 Å². The van der Waals surface area contributed by atoms with Crippen LogP contribution in [0.15, 0.2) is 53.2 Å². The van der Waals surface area contributed by atoms with Crippen LogP contribution in [-0.4, -0.2) is 9.97 Å². The van der Waals surface area contributed by atoms with Crippen molar-refractivity contribution in [3.63, 3.8) is 0 Å². The third-order valence-corrected chi connectivity index (χ3v) is 3.66. The zero-order valence-corrected chi connectivity index (χ0v) is 12.3. The first kappa shape index (κ1) is 12.8. The molecule has 0 fully saturated rings. The summed E-state index contributed by atoms with van der Waals surface area (Å²) in [6.45, 7) is 4.07. The number of aryl methyl sites for hydroxylation is 2. The minimum absolute atomic E-state index is 0.438. The number of para-hydroxylation sites is 1. The molecule has 0 radical (unpaired) electrons. The molecule has 0 aliphatic heterocycles. The number of furan rings is 1. The number of hydrogen-bond acceptors (Lipinski definition) is 4. The molecule has 4 heteroatoms. The molecule has 0 amide bonds. The third-order valence-electron chi connectivity index (χ3n) is 3.66. The summed E-state index contributed by atoms with van der Waals surface area (Å²) in [7, 11) is 0. The van der Waals surface area contributed by atoms with E-state index in [-0.39, 0.29) is 0 Å². The van der Waals surface area contributed by atoms with Gasteiger partial charge in [0, 0.05) is 5.39 Å². The van der Waals surface area contributed by atoms with Crippen LogP contribution < -0.4 is 4.74 Å². The quantitative estimate of drug-likeness (QED) is 0.533. The molecule has 0 unspecified atom stereocenters. The van der Waals surface area contributed by atoms with Crippen LogP contribution in [0.3, 0.4) is 0 Å². The molecule has 0 saturated heterocycles. The maximum atomic E-state index is 5.96. The van der Waals surface area contributed by atoms with Gasteiger partial charge >= 0.3 is 0 Å². The van der Waals surface area contributed by atoms with E-state index in [1.165, 1.54) is 11.9 Å². The van der Waals surface area contributed by atoms with E-state index < -0.39 is 0 Å². The number of hydrogen-bond donors (Lipinski definition) is 0. The van der Waals surface area contributed by atoms with E-state index in [1.807, 2.05) is 43.3 Å². The highest BCUT2D eigenvalue weighted by Gasteiger charge is 2.15. The molecule has 4 rings (SSSR count). The average Bonchev–Trinajstić information content (AvgIpc) is 2.90. The van der Waals surface area contributed by atoms with E-state index in [2.05, 4.69) is 23.0 Å². The van der Waals surface area contributed by atoms with Crippen LogP contribution >= 0.6 is 0 Å². The van der Waals surface area contributed by atoms with Crippen molar-refractivity contribution in [1.29, 1.82) is 0 Å². The Morgan fingerprint density at radius 3 is 2.73 bits per heavy atom. The number of nitrogens with zero attached hydrogens (tertiary/aromatic N) is 2. The fourth-order valence-corrected chi connectivity index (χ4v) is 2.59. The van der Waals surface area contributed by atoms with E-state index in [1.54, 1.807) is 0 Å². The van der Waals surface area contributed by atoms with Crippen molar-refractivity contribution in [2.45, 2.75) is 13.8 Å². The summed E-state index contributed by atoms with van der Waals surface area (Å²) < 4.78 is 11.8. The first-order valence-corrected chi connectivity index (χ1v) is 7.10. The minimum Gasteiger partial charge on any atom is -0.449 e. The summed E-state index contributed by atoms with van der Waals surface area (Å²) in [5.74, 6) is 1.21. The normalized spacial score (nSPS) is 11.2. The van der Waals surface area contributed by atoms with Crippen LogP contribution in [0.5, 0.6) is 11.6 Å². The van der Waals surface area contributed by atoms with E-state index in [4.69, 9.17) is 9.15 Å². The van der Waals surface area contributed by atoms with E-state index in [0.717, 1.165) is 27.8 Å². The highest BCUT2D eigenvalue weighted by molar-refractivity contribution is 6.03. The van der Waals surface area contributed by atoms with Gasteiger partial charge in [0.15, 0.2) is 0 Å². The van der Waals surface area contributed by atoms with Gasteiger partial charge in [-0.1, -0.05) is 29.8 Å². The molecule has 0 N–H and O–H groups in total. The highest BCUT2D eigenvalue weighted by atomic mass is 16.5. The summed E-state index contributed by atoms with van der Waals surface area (Å²) in [6.07, 6.45) is 1.50. The van der Waals surface area contributed by atoms with Gasteiger partial charge in [0.2, 0.25) is 5.58 Å². The van der Waals surface area contributed by atoms with Crippen LogP contribution in [0.2, 0.25) is 0 Å². The first-order valence-electron chi connectivity index (χ1n) is 7.10. The van der Waals surface area contributed by atoms with Gasteiger partial charge in [-0.05, 0) is 37.6 Å². The zero-order valence-electron chi connectivity index (χ0n) is 12.3. The Labute approximate surface area is 127 Å². The van der Waals surface area contributed by atoms with Crippen LogP contribution in [0.4, 0.5) is 0 Å². The van der Waals surface area contributed by atoms with Gasteiger partial charge in [-0.2, -0.15) is 4.98 Å². The molecule has 4 nitrogen and oxygen atoms in total. The molecule has 2 aromatic heterocycles. The van der Waals surface area contributed by atoms with Crippen molar-refractivity contribution in [2.75, 3.05) is 0 Å². The van der Waals surface area contributed by atoms with Gasteiger partial charge < -0.3 is 9.15 Å². The largest absolute Gasteiger partial charge is 0.449 e. The Balaban J connectivity index is 1.88. The number of benzene rings is 2. The summed E-state index contributed by atoms with van der Waals surface area (Å²) in [5, 5.41) is 0.963. The van der Waals surface area contributed by atoms with Crippen LogP contribution in [-0.2, 0) is 0 Å². The molecule has 0 bridgehead atoms. The number of ether oxygens (including phenoxy) is 1. The molecule has 108 valence electrons. The molecular weight excluding hydrogens is 276 g/mol. The third kappa shape index (κ3) is 2.00. The average molecular weight is 290 g/mol. The van der Waals surface area contributed by atoms with Crippen LogP contribution in [0.1, 0.15) is 11.1 Å². The van der Waals surface area contributed by atoms with Crippen molar-refractivity contribution >= 4 is 22.1 Å². The lowest BCUT2D eigenvalue weighted by molar-refractivity contribution is 0.453. The maximum Gasteiger partial charge on any atom is 0.267 e. The second-order valence-electron chi connectivity index (χ2n) is 5.33. The lowest BCUT2D eigenvalue weighted by atomic mass is 10.1. The van der Waals surface area contributed by atoms with Crippen molar-refractivity contribution < 1.29 is 9.15 Å². The summed E-state index contributed by atoms with van der Waals surface area (Å²) in [4.78, 5) is 8.56. The molecular formula is C18H14N2O2. The number of fused-ring (bicyclic) bond motifs is 3. The van der Waals surface area contributed by atoms with Gasteiger partial charge in [-0.15, -0.1) is 0 Å². The predicted molar refractivity (Wildman–Crippen MR) is 85.3 cm³/mol. The zero-order chi connectivity index (χ0) is 15.1. The molecule has 22 heavy (non-hydrogen) atoms. The van der Waals surface area contributed by atoms with E-state index in [9.17, 15) is 0 Å². The van der Waals surface area contributed by atoms with Crippen molar-refractivity contribution in [2.24, 2.45) is 0 Å². The standard InChI is InChI=1S/C18H14N2O2/c1-11-7-8-14(12(2)9-11)22-18-17-16(19-10-20-18)13-5-3-4-6-15(13)21-17/h3-10H,1-2H3. The van der Waals surface area contributed by atoms with Crippen LogP contribution in [0.25, 0.3) is 22.1 Å². The molecule has 4 aromatic rings. The van der Waals surface area contributed by atoms with E-state index in [0.29, 0.717) is 11.5 Å². The Morgan fingerprint density at radius 1 is 1.00 bits per heavy atom. The summed E-state index contributed by atoms with van der Waals surface area (Å²) >= 11 is 0. The molecule has 0 aliphatic carbocycles. The lowest BCUT2D eigenvalue weighted by Gasteiger charge is -2.08. The SMILES string of the molecule is Cc1ccc(Oc2ncnc3c2oc2ccccc23)c(C)c1. The summed E-state index contributed by atoms with van der Waals surface area (Å²) in [6, 6.07) is 13.8. The fraction of sp³-hybridized carbons (Fsp3) is 0.111. The first-order chi connectivity index (χ1) is 10.7. The van der Waals surface area contributed by atoms with Gasteiger partial charge in [-0.25, -0.2) is 4.98 Å². The van der Waals surface area contributed by atoms with Gasteiger partial charge in [0.05, 0.1) is 0 Å². The molecule has 0 aliphatic rings. The molecule has 0 spiro atoms. The van der Waals surface area contributed by atoms with Gasteiger partial charge in [0.1, 0.15) is 23.2 Å². The number of aromatic nitrogens is 2. The molecule has 0 saturated carbocycles. The lowest BCUT2D eigenvalue weighted by Crippen LogP contribution is -1.92. The van der Waals surface area contributed by atoms with Gasteiger partial charge in [0.25, 0.3) is 5.88 Å². The second kappa shape index (κ2) is 4.84. The summed E-state index contributed by atoms with van der Waals surface area (Å²) in [5.41, 5.74) is 4.38. The van der Waals surface area contributed by atoms with Crippen molar-refractivity contribution in [3.05, 3.63) is 59.9 Å². The highest BCUT2D eigenvalue weighted by Crippen LogP contribution is 2.34. The molecule has 2 heterocycles. The van der Waals surface area contributed by atoms with Crippen LogP contribution in [0, 0.1) is 13.8 Å². The Bertz CT molecular complexity index is 989. The maximum absolute atomic E-state index is 5.96. The molecule has 2 aromatic carbocycles. The monoisotopic (exact) mass is 290 g/mol. The topological polar surface area (TPSA) is 48.2 Å². The van der Waals surface area contributed by atoms with E-state index >= 15 is 0 Å². The predicted octanol–water partition coefficient (Wildman–Crippen LogP) is 4.79. The smallest absolute Gasteiger partial charge is 0.267 e. The fourth-order valence-electron chi connectivity index (χ4n) is 2.59. The minimum atomic E-state index is 0.438. The molecule has 0 atom stereocenters. The Kier molecular flexibility index (Phi) is 2.82. The van der Waals surface area contributed by atoms with Crippen molar-refractivity contribution in [3.8, 4) is 11.6 Å². The Hall–Kier alpha value is -2.88.